The first kappa shape index (κ1) is 13.8. The molecule has 2 amide bonds. The normalized spacial score (nSPS) is 23.2. The molecule has 4 nitrogen and oxygen atoms in total. The molecule has 0 bridgehead atoms. The summed E-state index contributed by atoms with van der Waals surface area (Å²) in [6.07, 6.45) is 1.93. The first-order valence-electron chi connectivity index (χ1n) is 6.56. The Morgan fingerprint density at radius 1 is 1.58 bits per heavy atom. The molecule has 2 N–H and O–H groups in total. The molecule has 1 aliphatic rings. The molecule has 0 saturated carbocycles. The van der Waals surface area contributed by atoms with Gasteiger partial charge in [-0.1, -0.05) is 13.0 Å². The van der Waals surface area contributed by atoms with Crippen LogP contribution in [0.3, 0.4) is 0 Å². The predicted molar refractivity (Wildman–Crippen MR) is 71.4 cm³/mol. The Morgan fingerprint density at radius 3 is 3.05 bits per heavy atom. The number of aliphatic hydroxyl groups is 1. The summed E-state index contributed by atoms with van der Waals surface area (Å²) in [5.74, 6) is -0.111. The van der Waals surface area contributed by atoms with Gasteiger partial charge in [-0.25, -0.2) is 9.18 Å². The quantitative estimate of drug-likeness (QED) is 0.864. The lowest BCUT2D eigenvalue weighted by Gasteiger charge is -2.38. The van der Waals surface area contributed by atoms with Gasteiger partial charge >= 0.3 is 6.03 Å². The van der Waals surface area contributed by atoms with Crippen LogP contribution in [0.4, 0.5) is 14.9 Å². The molecule has 19 heavy (non-hydrogen) atoms. The number of hydrogen-bond acceptors (Lipinski definition) is 2. The molecular formula is C14H19FN2O2. The largest absolute Gasteiger partial charge is 0.394 e. The number of carbonyl (C=O) groups excluding carboxylic acids is 1. The Labute approximate surface area is 112 Å². The van der Waals surface area contributed by atoms with Crippen molar-refractivity contribution in [3.05, 3.63) is 30.1 Å². The molecule has 1 heterocycles. The molecule has 0 aliphatic carbocycles. The smallest absolute Gasteiger partial charge is 0.322 e. The highest BCUT2D eigenvalue weighted by Gasteiger charge is 2.31. The number of anilines is 1. The van der Waals surface area contributed by atoms with Gasteiger partial charge in [0.2, 0.25) is 0 Å². The van der Waals surface area contributed by atoms with Crippen molar-refractivity contribution in [2.24, 2.45) is 5.92 Å². The van der Waals surface area contributed by atoms with Crippen LogP contribution in [0.5, 0.6) is 0 Å². The summed E-state index contributed by atoms with van der Waals surface area (Å²) >= 11 is 0. The van der Waals surface area contributed by atoms with Gasteiger partial charge < -0.3 is 15.3 Å². The average Bonchev–Trinajstić information content (AvgIpc) is 2.38. The fraction of sp³-hybridized carbons (Fsp3) is 0.500. The van der Waals surface area contributed by atoms with E-state index in [1.165, 1.54) is 12.1 Å². The highest BCUT2D eigenvalue weighted by atomic mass is 19.1. The number of amides is 2. The van der Waals surface area contributed by atoms with Gasteiger partial charge in [0.1, 0.15) is 5.82 Å². The van der Waals surface area contributed by atoms with Gasteiger partial charge in [0.25, 0.3) is 0 Å². The third-order valence-corrected chi connectivity index (χ3v) is 3.64. The summed E-state index contributed by atoms with van der Waals surface area (Å²) in [6.45, 7) is 2.61. The van der Waals surface area contributed by atoms with Crippen molar-refractivity contribution in [3.63, 3.8) is 0 Å². The van der Waals surface area contributed by atoms with Crippen molar-refractivity contribution >= 4 is 11.7 Å². The van der Waals surface area contributed by atoms with Gasteiger partial charge in [-0.2, -0.15) is 0 Å². The SMILES string of the molecule is CC1CCCN(C(=O)Nc2cccc(F)c2)C1CO. The second-order valence-electron chi connectivity index (χ2n) is 5.00. The van der Waals surface area contributed by atoms with Crippen molar-refractivity contribution in [2.45, 2.75) is 25.8 Å². The summed E-state index contributed by atoms with van der Waals surface area (Å²) < 4.78 is 13.1. The molecule has 5 heteroatoms. The topological polar surface area (TPSA) is 52.6 Å². The Bertz CT molecular complexity index is 453. The predicted octanol–water partition coefficient (Wildman–Crippen LogP) is 2.45. The molecular weight excluding hydrogens is 247 g/mol. The van der Waals surface area contributed by atoms with Gasteiger partial charge in [0.05, 0.1) is 12.6 Å². The number of nitrogens with one attached hydrogen (secondary N) is 1. The van der Waals surface area contributed by atoms with E-state index in [4.69, 9.17) is 0 Å². The van der Waals surface area contributed by atoms with E-state index in [9.17, 15) is 14.3 Å². The second kappa shape index (κ2) is 6.02. The van der Waals surface area contributed by atoms with Crippen LogP contribution in [0.1, 0.15) is 19.8 Å². The molecule has 1 saturated heterocycles. The van der Waals surface area contributed by atoms with Crippen molar-refractivity contribution in [3.8, 4) is 0 Å². The number of rotatable bonds is 2. The number of likely N-dealkylation sites (tertiary alicyclic amines) is 1. The van der Waals surface area contributed by atoms with Crippen LogP contribution in [0.25, 0.3) is 0 Å². The maximum Gasteiger partial charge on any atom is 0.322 e. The van der Waals surface area contributed by atoms with Gasteiger partial charge in [-0.15, -0.1) is 0 Å². The lowest BCUT2D eigenvalue weighted by atomic mass is 9.91. The van der Waals surface area contributed by atoms with E-state index >= 15 is 0 Å². The van der Waals surface area contributed by atoms with E-state index in [0.717, 1.165) is 12.8 Å². The first-order valence-corrected chi connectivity index (χ1v) is 6.56. The highest BCUT2D eigenvalue weighted by Crippen LogP contribution is 2.23. The lowest BCUT2D eigenvalue weighted by molar-refractivity contribution is 0.0811. The van der Waals surface area contributed by atoms with Crippen LogP contribution in [-0.4, -0.2) is 35.2 Å². The molecule has 1 aromatic rings. The molecule has 1 aromatic carbocycles. The minimum Gasteiger partial charge on any atom is -0.394 e. The molecule has 0 spiro atoms. The van der Waals surface area contributed by atoms with E-state index in [1.54, 1.807) is 17.0 Å². The number of aliphatic hydroxyl groups excluding tert-OH is 1. The molecule has 0 radical (unpaired) electrons. The fourth-order valence-electron chi connectivity index (χ4n) is 2.54. The number of halogens is 1. The van der Waals surface area contributed by atoms with Gasteiger partial charge in [-0.3, -0.25) is 0 Å². The average molecular weight is 266 g/mol. The molecule has 1 fully saturated rings. The van der Waals surface area contributed by atoms with E-state index < -0.39 is 0 Å². The summed E-state index contributed by atoms with van der Waals surface area (Å²) in [7, 11) is 0. The van der Waals surface area contributed by atoms with Crippen LogP contribution in [0, 0.1) is 11.7 Å². The van der Waals surface area contributed by atoms with Crippen LogP contribution in [0.15, 0.2) is 24.3 Å². The fourth-order valence-corrected chi connectivity index (χ4v) is 2.54. The van der Waals surface area contributed by atoms with Crippen molar-refractivity contribution in [2.75, 3.05) is 18.5 Å². The van der Waals surface area contributed by atoms with Crippen LogP contribution in [0.2, 0.25) is 0 Å². The maximum atomic E-state index is 13.1. The number of hydrogen-bond donors (Lipinski definition) is 2. The van der Waals surface area contributed by atoms with E-state index in [2.05, 4.69) is 5.32 Å². The summed E-state index contributed by atoms with van der Waals surface area (Å²) in [4.78, 5) is 13.8. The van der Waals surface area contributed by atoms with Crippen LogP contribution >= 0.6 is 0 Å². The maximum absolute atomic E-state index is 13.1. The summed E-state index contributed by atoms with van der Waals surface area (Å²) in [5, 5.41) is 12.1. The zero-order valence-electron chi connectivity index (χ0n) is 11.0. The molecule has 1 aliphatic heterocycles. The number of benzene rings is 1. The molecule has 2 unspecified atom stereocenters. The zero-order valence-corrected chi connectivity index (χ0v) is 11.0. The van der Waals surface area contributed by atoms with E-state index in [0.29, 0.717) is 12.2 Å². The Balaban J connectivity index is 2.06. The minimum absolute atomic E-state index is 0.0439. The van der Waals surface area contributed by atoms with Gasteiger partial charge in [-0.05, 0) is 37.0 Å². The van der Waals surface area contributed by atoms with Gasteiger partial charge in [0, 0.05) is 12.2 Å². The number of urea groups is 1. The molecule has 104 valence electrons. The molecule has 2 rings (SSSR count). The number of piperidine rings is 1. The molecule has 2 atom stereocenters. The summed E-state index contributed by atoms with van der Waals surface area (Å²) in [6, 6.07) is 5.35. The third-order valence-electron chi connectivity index (χ3n) is 3.64. The van der Waals surface area contributed by atoms with E-state index in [-0.39, 0.29) is 30.4 Å². The number of carbonyl (C=O) groups is 1. The van der Waals surface area contributed by atoms with Crippen LogP contribution < -0.4 is 5.32 Å². The Kier molecular flexibility index (Phi) is 4.37. The highest BCUT2D eigenvalue weighted by molar-refractivity contribution is 5.89. The van der Waals surface area contributed by atoms with Crippen LogP contribution in [-0.2, 0) is 0 Å². The van der Waals surface area contributed by atoms with Gasteiger partial charge in [0.15, 0.2) is 0 Å². The Morgan fingerprint density at radius 2 is 2.37 bits per heavy atom. The number of nitrogens with zero attached hydrogens (tertiary/aromatic N) is 1. The molecule has 0 aromatic heterocycles. The third kappa shape index (κ3) is 3.23. The van der Waals surface area contributed by atoms with Crippen molar-refractivity contribution in [1.29, 1.82) is 0 Å². The lowest BCUT2D eigenvalue weighted by Crippen LogP contribution is -2.51. The first-order chi connectivity index (χ1) is 9.11. The second-order valence-corrected chi connectivity index (χ2v) is 5.00. The summed E-state index contributed by atoms with van der Waals surface area (Å²) in [5.41, 5.74) is 0.430. The standard InChI is InChI=1S/C14H19FN2O2/c1-10-4-3-7-17(13(10)9-18)14(19)16-12-6-2-5-11(15)8-12/h2,5-6,8,10,13,18H,3-4,7,9H2,1H3,(H,16,19). The monoisotopic (exact) mass is 266 g/mol. The van der Waals surface area contributed by atoms with Crippen molar-refractivity contribution in [1.82, 2.24) is 4.90 Å². The zero-order chi connectivity index (χ0) is 13.8. The Hall–Kier alpha value is -1.62. The van der Waals surface area contributed by atoms with Crippen molar-refractivity contribution < 1.29 is 14.3 Å². The van der Waals surface area contributed by atoms with E-state index in [1.807, 2.05) is 6.92 Å². The minimum atomic E-state index is -0.386.